The van der Waals surface area contributed by atoms with Gasteiger partial charge in [0, 0.05) is 37.2 Å². The van der Waals surface area contributed by atoms with Crippen LogP contribution in [-0.2, 0) is 0 Å². The number of nitrogens with zero attached hydrogens (tertiary/aromatic N) is 3. The number of pyridine rings is 1. The van der Waals surface area contributed by atoms with Crippen molar-refractivity contribution >= 4 is 5.91 Å². The Balaban J connectivity index is 2.46. The molecule has 0 saturated heterocycles. The van der Waals surface area contributed by atoms with Crippen LogP contribution in [0.5, 0.6) is 5.88 Å². The lowest BCUT2D eigenvalue weighted by Crippen LogP contribution is -2.49. The van der Waals surface area contributed by atoms with Crippen molar-refractivity contribution in [2.45, 2.75) is 45.8 Å². The van der Waals surface area contributed by atoms with E-state index in [1.807, 2.05) is 21.0 Å². The summed E-state index contributed by atoms with van der Waals surface area (Å²) < 4.78 is 6.16. The first-order chi connectivity index (χ1) is 12.9. The molecule has 1 aromatic rings. The van der Waals surface area contributed by atoms with Crippen LogP contribution in [0.3, 0.4) is 0 Å². The smallest absolute Gasteiger partial charge is 0.259 e. The number of aliphatic hydroxyl groups is 1. The van der Waals surface area contributed by atoms with E-state index in [9.17, 15) is 9.90 Å². The van der Waals surface area contributed by atoms with E-state index in [0.717, 1.165) is 19.4 Å². The van der Waals surface area contributed by atoms with Crippen molar-refractivity contribution in [3.63, 3.8) is 0 Å². The molecule has 0 aromatic carbocycles. The van der Waals surface area contributed by atoms with Gasteiger partial charge in [0.1, 0.15) is 11.7 Å². The van der Waals surface area contributed by atoms with Gasteiger partial charge < -0.3 is 19.6 Å². The van der Waals surface area contributed by atoms with E-state index in [-0.39, 0.29) is 30.6 Å². The van der Waals surface area contributed by atoms with Crippen LogP contribution in [0.1, 0.15) is 49.5 Å². The maximum atomic E-state index is 13.2. The molecule has 2 heterocycles. The Kier molecular flexibility index (Phi) is 7.64. The van der Waals surface area contributed by atoms with E-state index < -0.39 is 0 Å². The number of rotatable bonds is 5. The van der Waals surface area contributed by atoms with Gasteiger partial charge in [-0.15, -0.1) is 0 Å². The fraction of sp³-hybridized carbons (Fsp3) is 0.619. The lowest BCUT2D eigenvalue weighted by molar-refractivity contribution is 0.0348. The van der Waals surface area contributed by atoms with Crippen molar-refractivity contribution in [1.82, 2.24) is 14.8 Å². The molecule has 27 heavy (non-hydrogen) atoms. The summed E-state index contributed by atoms with van der Waals surface area (Å²) in [6.45, 7) is 7.14. The lowest BCUT2D eigenvalue weighted by Gasteiger charge is -2.37. The standard InChI is InChI=1S/C21H31N3O3/c1-6-7-8-9-17-10-18-20(22-11-17)27-19(13-23(4)5)15(2)12-24(21(18)26)16(3)14-25/h10-11,15-16,19,25H,6-7,12-14H2,1-5H3/t15-,16+,19+/m1/s1. The zero-order valence-electron chi connectivity index (χ0n) is 17.0. The molecule has 2 rings (SSSR count). The van der Waals surface area contributed by atoms with Crippen molar-refractivity contribution in [2.75, 3.05) is 33.8 Å². The molecule has 0 saturated carbocycles. The van der Waals surface area contributed by atoms with E-state index in [1.165, 1.54) is 0 Å². The Morgan fingerprint density at radius 3 is 2.85 bits per heavy atom. The van der Waals surface area contributed by atoms with Crippen LogP contribution in [0.15, 0.2) is 12.3 Å². The summed E-state index contributed by atoms with van der Waals surface area (Å²) in [5.41, 5.74) is 1.11. The Morgan fingerprint density at radius 2 is 2.22 bits per heavy atom. The van der Waals surface area contributed by atoms with Gasteiger partial charge in [-0.05, 0) is 33.5 Å². The highest BCUT2D eigenvalue weighted by Crippen LogP contribution is 2.27. The van der Waals surface area contributed by atoms with Crippen LogP contribution < -0.4 is 4.74 Å². The summed E-state index contributed by atoms with van der Waals surface area (Å²) in [7, 11) is 3.99. The number of carbonyl (C=O) groups excluding carboxylic acids is 1. The largest absolute Gasteiger partial charge is 0.472 e. The number of ether oxygens (including phenoxy) is 1. The molecule has 1 N–H and O–H groups in total. The second-order valence-corrected chi connectivity index (χ2v) is 7.51. The molecule has 148 valence electrons. The van der Waals surface area contributed by atoms with E-state index in [4.69, 9.17) is 4.74 Å². The van der Waals surface area contributed by atoms with Gasteiger partial charge in [-0.2, -0.15) is 0 Å². The monoisotopic (exact) mass is 373 g/mol. The molecule has 0 unspecified atom stereocenters. The molecule has 6 heteroatoms. The van der Waals surface area contributed by atoms with Gasteiger partial charge in [-0.1, -0.05) is 25.7 Å². The fourth-order valence-corrected chi connectivity index (χ4v) is 3.04. The second-order valence-electron chi connectivity index (χ2n) is 7.51. The number of hydrogen-bond donors (Lipinski definition) is 1. The van der Waals surface area contributed by atoms with Gasteiger partial charge in [0.25, 0.3) is 5.91 Å². The first kappa shape index (κ1) is 21.2. The molecule has 0 spiro atoms. The lowest BCUT2D eigenvalue weighted by atomic mass is 10.00. The zero-order chi connectivity index (χ0) is 20.0. The summed E-state index contributed by atoms with van der Waals surface area (Å²) in [5.74, 6) is 6.42. The fourth-order valence-electron chi connectivity index (χ4n) is 3.04. The highest BCUT2D eigenvalue weighted by molar-refractivity contribution is 5.97. The average molecular weight is 373 g/mol. The van der Waals surface area contributed by atoms with Crippen LogP contribution in [0.2, 0.25) is 0 Å². The molecule has 0 radical (unpaired) electrons. The third-order valence-corrected chi connectivity index (χ3v) is 4.67. The minimum Gasteiger partial charge on any atom is -0.472 e. The topological polar surface area (TPSA) is 65.9 Å². The zero-order valence-corrected chi connectivity index (χ0v) is 17.0. The number of aromatic nitrogens is 1. The van der Waals surface area contributed by atoms with Crippen molar-refractivity contribution in [3.8, 4) is 17.7 Å². The number of fused-ring (bicyclic) bond motifs is 1. The van der Waals surface area contributed by atoms with Gasteiger partial charge >= 0.3 is 0 Å². The van der Waals surface area contributed by atoms with E-state index in [2.05, 4.69) is 35.6 Å². The predicted octanol–water partition coefficient (Wildman–Crippen LogP) is 2.01. The quantitative estimate of drug-likeness (QED) is 0.800. The third kappa shape index (κ3) is 5.44. The van der Waals surface area contributed by atoms with Gasteiger partial charge in [-0.25, -0.2) is 4.98 Å². The van der Waals surface area contributed by atoms with Crippen LogP contribution in [0.25, 0.3) is 0 Å². The Morgan fingerprint density at radius 1 is 1.48 bits per heavy atom. The van der Waals surface area contributed by atoms with Gasteiger partial charge in [0.15, 0.2) is 0 Å². The summed E-state index contributed by atoms with van der Waals surface area (Å²) in [5, 5.41) is 9.64. The van der Waals surface area contributed by atoms with Crippen molar-refractivity contribution < 1.29 is 14.6 Å². The number of carbonyl (C=O) groups is 1. The average Bonchev–Trinajstić information content (AvgIpc) is 2.64. The number of likely N-dealkylation sites (N-methyl/N-ethyl adjacent to an activating group) is 1. The van der Waals surface area contributed by atoms with Gasteiger partial charge in [0.05, 0.1) is 12.6 Å². The normalized spacial score (nSPS) is 20.9. The summed E-state index contributed by atoms with van der Waals surface area (Å²) in [6, 6.07) is 1.48. The molecule has 6 nitrogen and oxygen atoms in total. The van der Waals surface area contributed by atoms with Crippen LogP contribution in [0, 0.1) is 17.8 Å². The molecule has 1 aromatic heterocycles. The predicted molar refractivity (Wildman–Crippen MR) is 106 cm³/mol. The third-order valence-electron chi connectivity index (χ3n) is 4.67. The van der Waals surface area contributed by atoms with Crippen LogP contribution in [-0.4, -0.2) is 71.7 Å². The highest BCUT2D eigenvalue weighted by Gasteiger charge is 2.33. The molecule has 0 aliphatic carbocycles. The summed E-state index contributed by atoms with van der Waals surface area (Å²) >= 11 is 0. The number of unbranched alkanes of at least 4 members (excludes halogenated alkanes) is 1. The second kappa shape index (κ2) is 9.72. The Bertz CT molecular complexity index is 708. The van der Waals surface area contributed by atoms with Crippen LogP contribution >= 0.6 is 0 Å². The molecule has 3 atom stereocenters. The van der Waals surface area contributed by atoms with Crippen molar-refractivity contribution in [2.24, 2.45) is 5.92 Å². The Labute approximate surface area is 162 Å². The first-order valence-corrected chi connectivity index (χ1v) is 9.59. The molecular formula is C21H31N3O3. The first-order valence-electron chi connectivity index (χ1n) is 9.59. The minimum absolute atomic E-state index is 0.0869. The SMILES string of the molecule is CCCC#Cc1cnc2c(c1)C(=O)N([C@@H](C)CO)C[C@@H](C)[C@H](CN(C)C)O2. The van der Waals surface area contributed by atoms with Crippen molar-refractivity contribution in [1.29, 1.82) is 0 Å². The number of aliphatic hydroxyl groups excluding tert-OH is 1. The summed E-state index contributed by atoms with van der Waals surface area (Å²) in [6.07, 6.45) is 3.34. The van der Waals surface area contributed by atoms with E-state index >= 15 is 0 Å². The number of hydrogen-bond acceptors (Lipinski definition) is 5. The minimum atomic E-state index is -0.277. The van der Waals surface area contributed by atoms with Gasteiger partial charge in [0.2, 0.25) is 5.88 Å². The number of amides is 1. The molecule has 1 amide bonds. The highest BCUT2D eigenvalue weighted by atomic mass is 16.5. The maximum Gasteiger partial charge on any atom is 0.259 e. The molecule has 0 fully saturated rings. The molecule has 0 bridgehead atoms. The Hall–Kier alpha value is -2.10. The van der Waals surface area contributed by atoms with Crippen LogP contribution in [0.4, 0.5) is 0 Å². The molecule has 1 aliphatic heterocycles. The maximum absolute atomic E-state index is 13.2. The van der Waals surface area contributed by atoms with E-state index in [0.29, 0.717) is 23.6 Å². The van der Waals surface area contributed by atoms with Crippen molar-refractivity contribution in [3.05, 3.63) is 23.4 Å². The van der Waals surface area contributed by atoms with Gasteiger partial charge in [-0.3, -0.25) is 4.79 Å². The molecule has 1 aliphatic rings. The summed E-state index contributed by atoms with van der Waals surface area (Å²) in [4.78, 5) is 21.4. The molecular weight excluding hydrogens is 342 g/mol. The van der Waals surface area contributed by atoms with E-state index in [1.54, 1.807) is 17.2 Å².